The summed E-state index contributed by atoms with van der Waals surface area (Å²) in [6, 6.07) is 0. The van der Waals surface area contributed by atoms with Crippen molar-refractivity contribution in [3.63, 3.8) is 0 Å². The van der Waals surface area contributed by atoms with Gasteiger partial charge in [-0.05, 0) is 37.5 Å². The maximum Gasteiger partial charge on any atom is 1.00 e. The molecule has 7 heteroatoms. The maximum absolute atomic E-state index is 12.1. The number of Topliss-reactive ketones (excluding diaryl/α,β-unsaturated/α-hetero) is 1. The molecule has 1 aliphatic carbocycles. The monoisotopic (exact) mass is 454 g/mol. The molecule has 0 aromatic carbocycles. The summed E-state index contributed by atoms with van der Waals surface area (Å²) >= 11 is 0. The van der Waals surface area contributed by atoms with E-state index in [0.717, 1.165) is 25.7 Å². The number of rotatable bonds is 13. The first-order valence-electron chi connectivity index (χ1n) is 10.2. The zero-order valence-corrected chi connectivity index (χ0v) is 19.3. The number of carboxylic acid groups (broad SMARTS) is 1. The first kappa shape index (κ1) is 30.1. The minimum absolute atomic E-state index is 0. The Bertz CT molecular complexity index is 481. The molecule has 0 radical (unpaired) electrons. The Hall–Kier alpha value is -0.123. The van der Waals surface area contributed by atoms with Crippen molar-refractivity contribution in [2.75, 3.05) is 0 Å². The summed E-state index contributed by atoms with van der Waals surface area (Å²) in [5.41, 5.74) is 0. The fourth-order valence-electron chi connectivity index (χ4n) is 3.72. The van der Waals surface area contributed by atoms with Crippen LogP contribution >= 0.6 is 0 Å². The van der Waals surface area contributed by atoms with Gasteiger partial charge in [0.25, 0.3) is 5.79 Å². The van der Waals surface area contributed by atoms with Crippen LogP contribution in [0.3, 0.4) is 0 Å². The van der Waals surface area contributed by atoms with Gasteiger partial charge in [-0.3, -0.25) is 4.79 Å². The number of aliphatic carboxylic acids is 1. The van der Waals surface area contributed by atoms with E-state index in [2.05, 4.69) is 26.0 Å². The Morgan fingerprint density at radius 1 is 1.25 bits per heavy atom. The molecule has 158 valence electrons. The fraction of sp³-hybridized carbons (Fsp3) is 0.810. The van der Waals surface area contributed by atoms with E-state index in [0.29, 0.717) is 36.9 Å². The van der Waals surface area contributed by atoms with Crippen molar-refractivity contribution in [3.8, 4) is 0 Å². The number of allylic oxidation sites excluding steroid dienone is 2. The van der Waals surface area contributed by atoms with Gasteiger partial charge in [0, 0.05) is 18.8 Å². The van der Waals surface area contributed by atoms with Crippen LogP contribution in [0.4, 0.5) is 0 Å². The van der Waals surface area contributed by atoms with Crippen LogP contribution in [0.2, 0.25) is 0 Å². The van der Waals surface area contributed by atoms with Crippen LogP contribution in [-0.4, -0.2) is 32.9 Å². The molecule has 1 rings (SSSR count). The third kappa shape index (κ3) is 11.2. The van der Waals surface area contributed by atoms with Crippen molar-refractivity contribution in [2.45, 2.75) is 90.3 Å². The van der Waals surface area contributed by atoms with Crippen molar-refractivity contribution in [2.24, 2.45) is 17.8 Å². The Kier molecular flexibility index (Phi) is 16.8. The quantitative estimate of drug-likeness (QED) is 0.130. The van der Waals surface area contributed by atoms with Crippen molar-refractivity contribution in [1.82, 2.24) is 0 Å². The van der Waals surface area contributed by atoms with Crippen molar-refractivity contribution in [3.05, 3.63) is 12.2 Å². The van der Waals surface area contributed by atoms with E-state index >= 15 is 0 Å². The average Bonchev–Trinajstić information content (AvgIpc) is 2.92. The van der Waals surface area contributed by atoms with Gasteiger partial charge in [0.05, 0.1) is 0 Å². The number of carboxylic acids is 1. The Morgan fingerprint density at radius 3 is 2.54 bits per heavy atom. The first-order chi connectivity index (χ1) is 12.3. The number of aliphatic hydroxyl groups is 2. The van der Waals surface area contributed by atoms with E-state index in [-0.39, 0.29) is 48.2 Å². The van der Waals surface area contributed by atoms with Gasteiger partial charge >= 0.3 is 24.8 Å². The number of carbonyl (C=O) groups excluding carboxylic acids is 1. The standard InChI is InChI=1S/C21H36O5.BrH.Li/c1-3-4-9-16(2)10-8-11-17-13-14-19(22)18(17)12-6-5-7-15-21(25,26)20(23)24;;/h8,11,16-18,25-26H,3-7,9-10,12-15H2,1-2H3,(H,23,24);1H;/q;;+1/p-1/b11-8+;;/t16?,17-,18+;;/m0../s1. The zero-order chi connectivity index (χ0) is 19.6. The Balaban J connectivity index is 0. The van der Waals surface area contributed by atoms with Crippen LogP contribution in [0, 0.1) is 17.8 Å². The second-order valence-electron chi connectivity index (χ2n) is 7.91. The van der Waals surface area contributed by atoms with Gasteiger partial charge in [0.15, 0.2) is 0 Å². The summed E-state index contributed by atoms with van der Waals surface area (Å²) in [6.45, 7) is 4.48. The molecule has 1 unspecified atom stereocenters. The van der Waals surface area contributed by atoms with Gasteiger partial charge < -0.3 is 32.3 Å². The molecule has 0 heterocycles. The molecular weight excluding hydrogens is 419 g/mol. The number of hydrogen-bond acceptors (Lipinski definition) is 4. The maximum atomic E-state index is 12.1. The second kappa shape index (κ2) is 15.7. The van der Waals surface area contributed by atoms with E-state index in [1.165, 1.54) is 19.3 Å². The summed E-state index contributed by atoms with van der Waals surface area (Å²) in [5, 5.41) is 27.2. The van der Waals surface area contributed by atoms with Crippen LogP contribution in [0.5, 0.6) is 0 Å². The Labute approximate surface area is 192 Å². The summed E-state index contributed by atoms with van der Waals surface area (Å²) in [6.07, 6.45) is 13.4. The molecule has 0 aliphatic heterocycles. The molecule has 0 aromatic rings. The largest absolute Gasteiger partial charge is 1.00 e. The SMILES string of the molecule is CCCCC(C)C/C=C/[C@H]1CCC(=O)[C@@H]1CCCCCC(O)(O)C(=O)O.[Br-].[Li+]. The Morgan fingerprint density at radius 2 is 1.93 bits per heavy atom. The molecule has 28 heavy (non-hydrogen) atoms. The van der Waals surface area contributed by atoms with Crippen LogP contribution in [0.25, 0.3) is 0 Å². The fourth-order valence-corrected chi connectivity index (χ4v) is 3.72. The number of halogens is 1. The first-order valence-corrected chi connectivity index (χ1v) is 10.2. The normalized spacial score (nSPS) is 20.6. The molecule has 3 N–H and O–H groups in total. The summed E-state index contributed by atoms with van der Waals surface area (Å²) in [7, 11) is 0. The molecule has 0 aromatic heterocycles. The molecule has 0 amide bonds. The summed E-state index contributed by atoms with van der Waals surface area (Å²) < 4.78 is 0. The van der Waals surface area contributed by atoms with Gasteiger partial charge in [-0.1, -0.05) is 58.1 Å². The molecule has 0 bridgehead atoms. The smallest absolute Gasteiger partial charge is 1.00 e. The van der Waals surface area contributed by atoms with Crippen LogP contribution < -0.4 is 35.8 Å². The molecule has 5 nitrogen and oxygen atoms in total. The van der Waals surface area contributed by atoms with Crippen LogP contribution in [0.1, 0.15) is 84.5 Å². The van der Waals surface area contributed by atoms with Gasteiger partial charge in [0.2, 0.25) is 0 Å². The number of carbonyl (C=O) groups is 2. The predicted molar refractivity (Wildman–Crippen MR) is 102 cm³/mol. The van der Waals surface area contributed by atoms with E-state index < -0.39 is 11.8 Å². The number of unbranched alkanes of at least 4 members (excludes halogenated alkanes) is 3. The van der Waals surface area contributed by atoms with E-state index in [4.69, 9.17) is 5.11 Å². The van der Waals surface area contributed by atoms with Crippen LogP contribution in [0.15, 0.2) is 12.2 Å². The van der Waals surface area contributed by atoms with Crippen molar-refractivity contribution < 1.29 is 60.8 Å². The molecule has 1 aliphatic rings. The van der Waals surface area contributed by atoms with Gasteiger partial charge in [-0.15, -0.1) is 0 Å². The van der Waals surface area contributed by atoms with E-state index in [9.17, 15) is 19.8 Å². The van der Waals surface area contributed by atoms with Gasteiger partial charge in [-0.25, -0.2) is 4.79 Å². The molecular formula is C21H36BrLiO5. The predicted octanol–water partition coefficient (Wildman–Crippen LogP) is -1.92. The number of ketones is 1. The minimum atomic E-state index is -2.64. The van der Waals surface area contributed by atoms with Crippen LogP contribution in [-0.2, 0) is 9.59 Å². The minimum Gasteiger partial charge on any atom is -1.00 e. The molecule has 0 saturated heterocycles. The number of hydrogen-bond donors (Lipinski definition) is 3. The van der Waals surface area contributed by atoms with E-state index in [1.54, 1.807) is 0 Å². The third-order valence-corrected chi connectivity index (χ3v) is 5.51. The van der Waals surface area contributed by atoms with Crippen molar-refractivity contribution >= 4 is 11.8 Å². The molecule has 3 atom stereocenters. The third-order valence-electron chi connectivity index (χ3n) is 5.51. The molecule has 0 spiro atoms. The second-order valence-corrected chi connectivity index (χ2v) is 7.91. The summed E-state index contributed by atoms with van der Waals surface area (Å²) in [5.74, 6) is -2.82. The van der Waals surface area contributed by atoms with E-state index in [1.807, 2.05) is 0 Å². The molecule has 1 saturated carbocycles. The van der Waals surface area contributed by atoms with Gasteiger partial charge in [0.1, 0.15) is 5.78 Å². The average molecular weight is 455 g/mol. The zero-order valence-electron chi connectivity index (χ0n) is 17.7. The molecule has 1 fully saturated rings. The topological polar surface area (TPSA) is 94.8 Å². The van der Waals surface area contributed by atoms with Crippen molar-refractivity contribution in [1.29, 1.82) is 0 Å². The summed E-state index contributed by atoms with van der Waals surface area (Å²) in [4.78, 5) is 22.8. The van der Waals surface area contributed by atoms with Gasteiger partial charge in [-0.2, -0.15) is 0 Å².